The van der Waals surface area contributed by atoms with Gasteiger partial charge < -0.3 is 20.7 Å². The van der Waals surface area contributed by atoms with Gasteiger partial charge in [-0.05, 0) is 59.2 Å². The van der Waals surface area contributed by atoms with Gasteiger partial charge in [-0.3, -0.25) is 4.79 Å². The first-order valence-corrected chi connectivity index (χ1v) is 8.17. The summed E-state index contributed by atoms with van der Waals surface area (Å²) in [5.41, 5.74) is 1.29. The third-order valence-corrected chi connectivity index (χ3v) is 3.01. The number of urea groups is 1. The Morgan fingerprint density at radius 1 is 1.17 bits per heavy atom. The van der Waals surface area contributed by atoms with Crippen LogP contribution in [0, 0.1) is 0 Å². The zero-order valence-electron chi connectivity index (χ0n) is 15.4. The molecule has 0 aromatic heterocycles. The van der Waals surface area contributed by atoms with Crippen LogP contribution in [0.25, 0.3) is 0 Å². The molecular weight excluding hydrogens is 306 g/mol. The normalized spacial score (nSPS) is 12.6. The van der Waals surface area contributed by atoms with Crippen LogP contribution >= 0.6 is 0 Å². The molecule has 0 spiro atoms. The SMILES string of the molecule is CC(C)OCc1cccc(NC(=O)N[C@H](C)C(=O)NC(C)(C)C)c1. The lowest BCUT2D eigenvalue weighted by atomic mass is 10.1. The number of rotatable bonds is 6. The van der Waals surface area contributed by atoms with Crippen molar-refractivity contribution in [2.75, 3.05) is 5.32 Å². The highest BCUT2D eigenvalue weighted by atomic mass is 16.5. The molecule has 0 unspecified atom stereocenters. The van der Waals surface area contributed by atoms with Crippen molar-refractivity contribution < 1.29 is 14.3 Å². The van der Waals surface area contributed by atoms with Crippen molar-refractivity contribution in [1.82, 2.24) is 10.6 Å². The molecule has 0 aliphatic carbocycles. The molecular formula is C18H29N3O3. The highest BCUT2D eigenvalue weighted by molar-refractivity contribution is 5.93. The quantitative estimate of drug-likeness (QED) is 0.747. The van der Waals surface area contributed by atoms with Gasteiger partial charge in [0.05, 0.1) is 12.7 Å². The van der Waals surface area contributed by atoms with Gasteiger partial charge in [-0.2, -0.15) is 0 Å². The number of benzene rings is 1. The van der Waals surface area contributed by atoms with Crippen LogP contribution in [-0.2, 0) is 16.1 Å². The molecule has 0 heterocycles. The smallest absolute Gasteiger partial charge is 0.319 e. The summed E-state index contributed by atoms with van der Waals surface area (Å²) in [4.78, 5) is 24.0. The first-order valence-electron chi connectivity index (χ1n) is 8.17. The lowest BCUT2D eigenvalue weighted by Gasteiger charge is -2.23. The van der Waals surface area contributed by atoms with E-state index in [2.05, 4.69) is 16.0 Å². The maximum Gasteiger partial charge on any atom is 0.319 e. The van der Waals surface area contributed by atoms with Crippen LogP contribution in [0.1, 0.15) is 47.1 Å². The van der Waals surface area contributed by atoms with Crippen molar-refractivity contribution in [3.63, 3.8) is 0 Å². The van der Waals surface area contributed by atoms with E-state index in [4.69, 9.17) is 4.74 Å². The molecule has 3 amide bonds. The number of hydrogen-bond donors (Lipinski definition) is 3. The van der Waals surface area contributed by atoms with Gasteiger partial charge in [0, 0.05) is 11.2 Å². The average molecular weight is 335 g/mol. The van der Waals surface area contributed by atoms with Gasteiger partial charge in [0.25, 0.3) is 0 Å². The van der Waals surface area contributed by atoms with E-state index in [1.165, 1.54) is 0 Å². The first kappa shape index (κ1) is 20.0. The molecule has 1 rings (SSSR count). The second kappa shape index (κ2) is 8.68. The molecule has 6 heteroatoms. The summed E-state index contributed by atoms with van der Waals surface area (Å²) in [5, 5.41) is 8.19. The number of nitrogens with one attached hydrogen (secondary N) is 3. The Labute approximate surface area is 144 Å². The summed E-state index contributed by atoms with van der Waals surface area (Å²) >= 11 is 0. The minimum absolute atomic E-state index is 0.145. The number of carbonyl (C=O) groups is 2. The molecule has 0 bridgehead atoms. The van der Waals surface area contributed by atoms with Gasteiger partial charge in [0.15, 0.2) is 0 Å². The molecule has 0 aliphatic rings. The first-order chi connectivity index (χ1) is 11.1. The second-order valence-corrected chi connectivity index (χ2v) is 7.12. The summed E-state index contributed by atoms with van der Waals surface area (Å²) in [6.07, 6.45) is 0.145. The zero-order chi connectivity index (χ0) is 18.3. The van der Waals surface area contributed by atoms with Crippen LogP contribution in [0.3, 0.4) is 0 Å². The van der Waals surface area contributed by atoms with Gasteiger partial charge in [-0.1, -0.05) is 12.1 Å². The van der Waals surface area contributed by atoms with Gasteiger partial charge in [0.1, 0.15) is 6.04 Å². The monoisotopic (exact) mass is 335 g/mol. The van der Waals surface area contributed by atoms with Crippen molar-refractivity contribution >= 4 is 17.6 Å². The van der Waals surface area contributed by atoms with Gasteiger partial charge >= 0.3 is 6.03 Å². The molecule has 0 radical (unpaired) electrons. The van der Waals surface area contributed by atoms with E-state index in [0.29, 0.717) is 12.3 Å². The minimum atomic E-state index is -0.628. The van der Waals surface area contributed by atoms with Crippen molar-refractivity contribution in [1.29, 1.82) is 0 Å². The van der Waals surface area contributed by atoms with Gasteiger partial charge in [0.2, 0.25) is 5.91 Å². The number of carbonyl (C=O) groups excluding carboxylic acids is 2. The Kier molecular flexibility index (Phi) is 7.22. The largest absolute Gasteiger partial charge is 0.374 e. The van der Waals surface area contributed by atoms with E-state index in [1.807, 2.05) is 52.8 Å². The predicted octanol–water partition coefficient (Wildman–Crippen LogP) is 3.04. The van der Waals surface area contributed by atoms with Crippen LogP contribution in [0.4, 0.5) is 10.5 Å². The number of hydrogen-bond acceptors (Lipinski definition) is 3. The maximum absolute atomic E-state index is 12.0. The fourth-order valence-corrected chi connectivity index (χ4v) is 1.91. The summed E-state index contributed by atoms with van der Waals surface area (Å²) in [5.74, 6) is -0.225. The third-order valence-electron chi connectivity index (χ3n) is 3.01. The van der Waals surface area contributed by atoms with Gasteiger partial charge in [-0.15, -0.1) is 0 Å². The molecule has 0 saturated heterocycles. The maximum atomic E-state index is 12.0. The Balaban J connectivity index is 2.55. The fraction of sp³-hybridized carbons (Fsp3) is 0.556. The van der Waals surface area contributed by atoms with Crippen molar-refractivity contribution in [3.8, 4) is 0 Å². The fourth-order valence-electron chi connectivity index (χ4n) is 1.91. The van der Waals surface area contributed by atoms with E-state index in [1.54, 1.807) is 13.0 Å². The Bertz CT molecular complexity index is 565. The average Bonchev–Trinajstić information content (AvgIpc) is 2.43. The highest BCUT2D eigenvalue weighted by Crippen LogP contribution is 2.12. The molecule has 0 saturated carbocycles. The Hall–Kier alpha value is -2.08. The van der Waals surface area contributed by atoms with Crippen LogP contribution in [-0.4, -0.2) is 29.6 Å². The van der Waals surface area contributed by atoms with Gasteiger partial charge in [-0.25, -0.2) is 4.79 Å². The van der Waals surface area contributed by atoms with Crippen molar-refractivity contribution in [2.24, 2.45) is 0 Å². The summed E-state index contributed by atoms with van der Waals surface area (Å²) in [6.45, 7) is 11.7. The molecule has 1 atom stereocenters. The van der Waals surface area contributed by atoms with Crippen LogP contribution in [0.5, 0.6) is 0 Å². The summed E-state index contributed by atoms with van der Waals surface area (Å²) in [6, 6.07) is 6.38. The van der Waals surface area contributed by atoms with E-state index >= 15 is 0 Å². The second-order valence-electron chi connectivity index (χ2n) is 7.12. The van der Waals surface area contributed by atoms with E-state index in [9.17, 15) is 9.59 Å². The molecule has 6 nitrogen and oxygen atoms in total. The summed E-state index contributed by atoms with van der Waals surface area (Å²) in [7, 11) is 0. The number of amides is 3. The minimum Gasteiger partial charge on any atom is -0.374 e. The molecule has 1 aromatic rings. The lowest BCUT2D eigenvalue weighted by Crippen LogP contribution is -2.51. The molecule has 0 fully saturated rings. The molecule has 1 aromatic carbocycles. The standard InChI is InChI=1S/C18H29N3O3/c1-12(2)24-11-14-8-7-9-15(10-14)20-17(23)19-13(3)16(22)21-18(4,5)6/h7-10,12-13H,11H2,1-6H3,(H,21,22)(H2,19,20,23)/t13-/m1/s1. The molecule has 3 N–H and O–H groups in total. The Morgan fingerprint density at radius 2 is 1.83 bits per heavy atom. The van der Waals surface area contributed by atoms with E-state index in [0.717, 1.165) is 5.56 Å². The lowest BCUT2D eigenvalue weighted by molar-refractivity contribution is -0.123. The van der Waals surface area contributed by atoms with Crippen LogP contribution in [0.2, 0.25) is 0 Å². The number of ether oxygens (including phenoxy) is 1. The molecule has 134 valence electrons. The summed E-state index contributed by atoms with van der Waals surface area (Å²) < 4.78 is 5.55. The molecule has 24 heavy (non-hydrogen) atoms. The topological polar surface area (TPSA) is 79.5 Å². The predicted molar refractivity (Wildman–Crippen MR) is 95.9 cm³/mol. The van der Waals surface area contributed by atoms with Crippen LogP contribution in [0.15, 0.2) is 24.3 Å². The van der Waals surface area contributed by atoms with Crippen molar-refractivity contribution in [2.45, 2.75) is 65.8 Å². The third kappa shape index (κ3) is 7.97. The highest BCUT2D eigenvalue weighted by Gasteiger charge is 2.20. The van der Waals surface area contributed by atoms with E-state index in [-0.39, 0.29) is 17.6 Å². The van der Waals surface area contributed by atoms with Crippen molar-refractivity contribution in [3.05, 3.63) is 29.8 Å². The Morgan fingerprint density at radius 3 is 2.42 bits per heavy atom. The zero-order valence-corrected chi connectivity index (χ0v) is 15.4. The molecule has 0 aliphatic heterocycles. The van der Waals surface area contributed by atoms with Crippen LogP contribution < -0.4 is 16.0 Å². The number of anilines is 1. The van der Waals surface area contributed by atoms with E-state index < -0.39 is 12.1 Å².